The molecule has 1 N–H and O–H groups in total. The topological polar surface area (TPSA) is 46.5 Å². The second-order valence-electron chi connectivity index (χ2n) is 1.78. The summed E-state index contributed by atoms with van der Waals surface area (Å²) in [5, 5.41) is 0. The second-order valence-corrected chi connectivity index (χ2v) is 2.44. The molecule has 0 radical (unpaired) electrons. The molecular weight excluding hydrogens is 170 g/mol. The van der Waals surface area contributed by atoms with Crippen LogP contribution in [0.4, 0.5) is 4.39 Å². The molecular formula is C6H5FO3P+. The molecule has 0 heterocycles. The van der Waals surface area contributed by atoms with E-state index in [1.165, 1.54) is 12.1 Å². The molecule has 0 aromatic heterocycles. The van der Waals surface area contributed by atoms with Crippen LogP contribution in [0, 0.1) is 5.82 Å². The molecule has 3 nitrogen and oxygen atoms in total. The summed E-state index contributed by atoms with van der Waals surface area (Å²) in [7, 11) is -2.66. The van der Waals surface area contributed by atoms with Crippen molar-refractivity contribution >= 4 is 8.25 Å². The van der Waals surface area contributed by atoms with E-state index in [4.69, 9.17) is 4.89 Å². The SMILES string of the molecule is O=[P+](O)Oc1ccc(F)cc1. The van der Waals surface area contributed by atoms with Gasteiger partial charge in [0.25, 0.3) is 0 Å². The van der Waals surface area contributed by atoms with Gasteiger partial charge in [-0.2, -0.15) is 0 Å². The van der Waals surface area contributed by atoms with Crippen molar-refractivity contribution in [2.45, 2.75) is 0 Å². The molecule has 0 aliphatic carbocycles. The Morgan fingerprint density at radius 2 is 1.91 bits per heavy atom. The van der Waals surface area contributed by atoms with E-state index in [9.17, 15) is 8.96 Å². The molecule has 0 aliphatic rings. The molecule has 0 fully saturated rings. The number of benzene rings is 1. The second kappa shape index (κ2) is 3.42. The lowest BCUT2D eigenvalue weighted by Gasteiger charge is -1.88. The Bertz CT molecular complexity index is 259. The first-order valence-corrected chi connectivity index (χ1v) is 3.91. The zero-order valence-corrected chi connectivity index (χ0v) is 6.29. The van der Waals surface area contributed by atoms with Gasteiger partial charge in [0, 0.05) is 4.57 Å². The molecule has 58 valence electrons. The van der Waals surface area contributed by atoms with Crippen LogP contribution >= 0.6 is 8.25 Å². The first-order valence-electron chi connectivity index (χ1n) is 2.78. The van der Waals surface area contributed by atoms with Gasteiger partial charge in [0.1, 0.15) is 5.82 Å². The molecule has 0 aliphatic heterocycles. The largest absolute Gasteiger partial charge is 0.747 e. The molecule has 1 aromatic rings. The van der Waals surface area contributed by atoms with Crippen molar-refractivity contribution in [3.8, 4) is 5.75 Å². The van der Waals surface area contributed by atoms with E-state index < -0.39 is 14.1 Å². The number of rotatable bonds is 2. The van der Waals surface area contributed by atoms with Crippen LogP contribution in [-0.2, 0) is 4.57 Å². The van der Waals surface area contributed by atoms with Gasteiger partial charge >= 0.3 is 8.25 Å². The van der Waals surface area contributed by atoms with Gasteiger partial charge in [0.2, 0.25) is 0 Å². The van der Waals surface area contributed by atoms with E-state index in [0.717, 1.165) is 12.1 Å². The van der Waals surface area contributed by atoms with E-state index in [2.05, 4.69) is 4.52 Å². The molecule has 1 rings (SSSR count). The summed E-state index contributed by atoms with van der Waals surface area (Å²) in [5.41, 5.74) is 0. The highest BCUT2D eigenvalue weighted by molar-refractivity contribution is 7.32. The minimum absolute atomic E-state index is 0.176. The third-order valence-corrected chi connectivity index (χ3v) is 1.36. The van der Waals surface area contributed by atoms with Crippen LogP contribution in [0.3, 0.4) is 0 Å². The summed E-state index contributed by atoms with van der Waals surface area (Å²) < 4.78 is 26.7. The molecule has 1 unspecified atom stereocenters. The normalized spacial score (nSPS) is 10.9. The summed E-state index contributed by atoms with van der Waals surface area (Å²) in [6, 6.07) is 4.85. The predicted octanol–water partition coefficient (Wildman–Crippen LogP) is 1.85. The van der Waals surface area contributed by atoms with E-state index in [-0.39, 0.29) is 5.75 Å². The van der Waals surface area contributed by atoms with Crippen molar-refractivity contribution in [1.82, 2.24) is 0 Å². The van der Waals surface area contributed by atoms with E-state index in [1.54, 1.807) is 0 Å². The lowest BCUT2D eigenvalue weighted by Crippen LogP contribution is -1.79. The van der Waals surface area contributed by atoms with Crippen LogP contribution < -0.4 is 4.52 Å². The fourth-order valence-corrected chi connectivity index (χ4v) is 0.888. The van der Waals surface area contributed by atoms with Crippen molar-refractivity contribution in [2.24, 2.45) is 0 Å². The van der Waals surface area contributed by atoms with Crippen LogP contribution in [-0.4, -0.2) is 4.89 Å². The van der Waals surface area contributed by atoms with Crippen molar-refractivity contribution in [3.63, 3.8) is 0 Å². The average Bonchev–Trinajstić information content (AvgIpc) is 1.93. The van der Waals surface area contributed by atoms with Gasteiger partial charge in [-0.3, -0.25) is 0 Å². The fraction of sp³-hybridized carbons (Fsp3) is 0. The first kappa shape index (κ1) is 8.11. The highest BCUT2D eigenvalue weighted by Gasteiger charge is 2.13. The molecule has 1 aromatic carbocycles. The Labute approximate surface area is 63.4 Å². The van der Waals surface area contributed by atoms with E-state index in [1.807, 2.05) is 0 Å². The van der Waals surface area contributed by atoms with Gasteiger partial charge in [-0.15, -0.1) is 4.89 Å². The maximum Gasteiger partial charge on any atom is 0.747 e. The van der Waals surface area contributed by atoms with Crippen molar-refractivity contribution in [2.75, 3.05) is 0 Å². The highest BCUT2D eigenvalue weighted by atomic mass is 31.1. The van der Waals surface area contributed by atoms with Gasteiger partial charge < -0.3 is 0 Å². The third kappa shape index (κ3) is 2.62. The summed E-state index contributed by atoms with van der Waals surface area (Å²) in [6.07, 6.45) is 0. The van der Waals surface area contributed by atoms with Crippen LogP contribution in [0.5, 0.6) is 5.75 Å². The highest BCUT2D eigenvalue weighted by Crippen LogP contribution is 2.22. The van der Waals surface area contributed by atoms with Crippen LogP contribution in [0.15, 0.2) is 24.3 Å². The summed E-state index contributed by atoms with van der Waals surface area (Å²) in [5.74, 6) is -0.236. The van der Waals surface area contributed by atoms with Gasteiger partial charge in [-0.1, -0.05) is 0 Å². The number of hydrogen-bond acceptors (Lipinski definition) is 2. The van der Waals surface area contributed by atoms with Crippen molar-refractivity contribution in [3.05, 3.63) is 30.1 Å². The standard InChI is InChI=1S/C6H4FO3P/c7-5-1-3-6(4-2-5)10-11(8)9/h1-4H/p+1. The Morgan fingerprint density at radius 1 is 1.36 bits per heavy atom. The minimum atomic E-state index is -2.66. The lowest BCUT2D eigenvalue weighted by atomic mass is 10.3. The zero-order chi connectivity index (χ0) is 8.27. The molecule has 0 saturated heterocycles. The summed E-state index contributed by atoms with van der Waals surface area (Å²) >= 11 is 0. The van der Waals surface area contributed by atoms with Crippen molar-refractivity contribution < 1.29 is 18.4 Å². The average molecular weight is 175 g/mol. The van der Waals surface area contributed by atoms with Crippen LogP contribution in [0.2, 0.25) is 0 Å². The molecule has 1 atom stereocenters. The van der Waals surface area contributed by atoms with Gasteiger partial charge in [0.05, 0.1) is 0 Å². The lowest BCUT2D eigenvalue weighted by molar-refractivity contribution is 0.410. The predicted molar refractivity (Wildman–Crippen MR) is 36.9 cm³/mol. The van der Waals surface area contributed by atoms with Gasteiger partial charge in [-0.25, -0.2) is 8.91 Å². The Kier molecular flexibility index (Phi) is 2.52. The maximum atomic E-state index is 12.2. The number of hydrogen-bond donors (Lipinski definition) is 1. The van der Waals surface area contributed by atoms with Gasteiger partial charge in [-0.05, 0) is 24.3 Å². The van der Waals surface area contributed by atoms with E-state index >= 15 is 0 Å². The van der Waals surface area contributed by atoms with Gasteiger partial charge in [0.15, 0.2) is 5.75 Å². The smallest absolute Gasteiger partial charge is 0.229 e. The quantitative estimate of drug-likeness (QED) is 0.697. The zero-order valence-electron chi connectivity index (χ0n) is 5.40. The third-order valence-electron chi connectivity index (χ3n) is 0.997. The molecule has 11 heavy (non-hydrogen) atoms. The Hall–Kier alpha value is -0.990. The monoisotopic (exact) mass is 175 g/mol. The molecule has 5 heteroatoms. The summed E-state index contributed by atoms with van der Waals surface area (Å²) in [6.45, 7) is 0. The number of halogens is 1. The molecule has 0 amide bonds. The fourth-order valence-electron chi connectivity index (χ4n) is 0.586. The molecule has 0 bridgehead atoms. The molecule has 0 spiro atoms. The van der Waals surface area contributed by atoms with E-state index in [0.29, 0.717) is 0 Å². The minimum Gasteiger partial charge on any atom is -0.229 e. The van der Waals surface area contributed by atoms with Crippen LogP contribution in [0.25, 0.3) is 0 Å². The first-order chi connectivity index (χ1) is 5.18. The summed E-state index contributed by atoms with van der Waals surface area (Å²) in [4.78, 5) is 8.27. The van der Waals surface area contributed by atoms with Crippen LogP contribution in [0.1, 0.15) is 0 Å². The maximum absolute atomic E-state index is 12.2. The Morgan fingerprint density at radius 3 is 2.36 bits per heavy atom. The Balaban J connectivity index is 2.74. The van der Waals surface area contributed by atoms with Crippen molar-refractivity contribution in [1.29, 1.82) is 0 Å². The molecule has 0 saturated carbocycles.